The van der Waals surface area contributed by atoms with E-state index in [-0.39, 0.29) is 17.2 Å². The van der Waals surface area contributed by atoms with Crippen LogP contribution in [0, 0.1) is 13.8 Å². The molecule has 0 aromatic carbocycles. The Labute approximate surface area is 170 Å². The van der Waals surface area contributed by atoms with Crippen LogP contribution in [0.3, 0.4) is 0 Å². The molecular formula is C21H28N6O2. The van der Waals surface area contributed by atoms with Crippen LogP contribution in [0.25, 0.3) is 5.65 Å². The van der Waals surface area contributed by atoms with Crippen molar-refractivity contribution >= 4 is 11.6 Å². The number of piperidine rings is 1. The highest BCUT2D eigenvalue weighted by Gasteiger charge is 2.28. The molecule has 0 N–H and O–H groups in total. The van der Waals surface area contributed by atoms with Crippen molar-refractivity contribution in [2.24, 2.45) is 0 Å². The summed E-state index contributed by atoms with van der Waals surface area (Å²) in [4.78, 5) is 14.7. The third-order valence-electron chi connectivity index (χ3n) is 5.78. The first kappa shape index (κ1) is 19.5. The highest BCUT2D eigenvalue weighted by atomic mass is 16.5. The van der Waals surface area contributed by atoms with Crippen molar-refractivity contribution < 1.29 is 9.32 Å². The van der Waals surface area contributed by atoms with Crippen LogP contribution < -0.4 is 0 Å². The maximum absolute atomic E-state index is 12.7. The maximum Gasteiger partial charge on any atom is 0.227 e. The number of nitrogens with zero attached hydrogens (tertiary/aromatic N) is 6. The summed E-state index contributed by atoms with van der Waals surface area (Å²) in [5, 5.41) is 17.5. The summed E-state index contributed by atoms with van der Waals surface area (Å²) in [6, 6.07) is 4.00. The van der Waals surface area contributed by atoms with Crippen LogP contribution in [0.4, 0.5) is 0 Å². The molecule has 1 saturated heterocycles. The normalized spacial score (nSPS) is 16.0. The zero-order valence-electron chi connectivity index (χ0n) is 17.8. The van der Waals surface area contributed by atoms with Gasteiger partial charge in [0.25, 0.3) is 0 Å². The number of carbonyl (C=O) groups excluding carboxylic acids is 1. The average Bonchev–Trinajstić information content (AvgIpc) is 3.25. The largest absolute Gasteiger partial charge is 0.361 e. The lowest BCUT2D eigenvalue weighted by Gasteiger charge is -2.31. The second-order valence-corrected chi connectivity index (χ2v) is 8.93. The summed E-state index contributed by atoms with van der Waals surface area (Å²) in [5.74, 6) is 1.98. The van der Waals surface area contributed by atoms with E-state index in [9.17, 15) is 4.79 Å². The van der Waals surface area contributed by atoms with Crippen LogP contribution in [-0.2, 0) is 16.6 Å². The lowest BCUT2D eigenvalue weighted by atomic mass is 9.92. The lowest BCUT2D eigenvalue weighted by Crippen LogP contribution is -2.39. The van der Waals surface area contributed by atoms with Gasteiger partial charge in [-0.05, 0) is 38.8 Å². The minimum Gasteiger partial charge on any atom is -0.361 e. The fourth-order valence-electron chi connectivity index (χ4n) is 3.86. The van der Waals surface area contributed by atoms with Crippen LogP contribution >= 0.6 is 0 Å². The number of rotatable bonds is 3. The van der Waals surface area contributed by atoms with Crippen molar-refractivity contribution in [2.45, 2.75) is 65.2 Å². The molecule has 29 heavy (non-hydrogen) atoms. The smallest absolute Gasteiger partial charge is 0.227 e. The Morgan fingerprint density at radius 3 is 2.52 bits per heavy atom. The van der Waals surface area contributed by atoms with Gasteiger partial charge in [0.2, 0.25) is 5.91 Å². The quantitative estimate of drug-likeness (QED) is 0.676. The molecule has 0 radical (unpaired) electrons. The summed E-state index contributed by atoms with van der Waals surface area (Å²) in [6.45, 7) is 11.6. The van der Waals surface area contributed by atoms with Crippen LogP contribution in [0.15, 0.2) is 16.7 Å². The highest BCUT2D eigenvalue weighted by molar-refractivity contribution is 5.79. The molecule has 4 heterocycles. The summed E-state index contributed by atoms with van der Waals surface area (Å²) in [5.41, 5.74) is 3.44. The molecule has 1 fully saturated rings. The Hall–Kier alpha value is -2.77. The Bertz CT molecular complexity index is 1020. The van der Waals surface area contributed by atoms with E-state index in [2.05, 4.69) is 36.1 Å². The molecule has 0 atom stereocenters. The monoisotopic (exact) mass is 396 g/mol. The zero-order chi connectivity index (χ0) is 20.8. The first-order valence-corrected chi connectivity index (χ1v) is 10.2. The number of aromatic nitrogens is 5. The Morgan fingerprint density at radius 1 is 1.17 bits per heavy atom. The van der Waals surface area contributed by atoms with Gasteiger partial charge in [0.1, 0.15) is 5.76 Å². The Kier molecular flexibility index (Phi) is 4.88. The maximum atomic E-state index is 12.7. The van der Waals surface area contributed by atoms with E-state index >= 15 is 0 Å². The fraction of sp³-hybridized carbons (Fsp3) is 0.571. The van der Waals surface area contributed by atoms with Gasteiger partial charge in [0.15, 0.2) is 11.5 Å². The first-order valence-electron chi connectivity index (χ1n) is 10.2. The van der Waals surface area contributed by atoms with Gasteiger partial charge in [-0.15, -0.1) is 10.2 Å². The van der Waals surface area contributed by atoms with E-state index in [1.54, 1.807) is 0 Å². The molecule has 1 aliphatic heterocycles. The molecule has 0 aliphatic carbocycles. The predicted molar refractivity (Wildman–Crippen MR) is 108 cm³/mol. The van der Waals surface area contributed by atoms with Crippen LogP contribution in [0.1, 0.15) is 68.1 Å². The zero-order valence-corrected chi connectivity index (χ0v) is 17.8. The molecule has 8 nitrogen and oxygen atoms in total. The van der Waals surface area contributed by atoms with E-state index in [0.29, 0.717) is 19.5 Å². The second-order valence-electron chi connectivity index (χ2n) is 8.93. The summed E-state index contributed by atoms with van der Waals surface area (Å²) < 4.78 is 7.06. The third kappa shape index (κ3) is 3.75. The molecule has 0 saturated carbocycles. The van der Waals surface area contributed by atoms with Crippen molar-refractivity contribution in [2.75, 3.05) is 13.1 Å². The standard InChI is InChI=1S/C21H28N6O2/c1-13-16(14(2)29-25-13)12-19(28)26-10-8-15(9-11-26)20-23-22-18-7-6-17(21(3,4)5)24-27(18)20/h6-7,15H,8-12H2,1-5H3. The van der Waals surface area contributed by atoms with Gasteiger partial charge in [-0.25, -0.2) is 0 Å². The average molecular weight is 396 g/mol. The predicted octanol–water partition coefficient (Wildman–Crippen LogP) is 2.98. The number of hydrogen-bond donors (Lipinski definition) is 0. The van der Waals surface area contributed by atoms with Gasteiger partial charge >= 0.3 is 0 Å². The molecule has 154 valence electrons. The highest BCUT2D eigenvalue weighted by Crippen LogP contribution is 2.28. The molecule has 4 rings (SSSR count). The number of likely N-dealkylation sites (tertiary alicyclic amines) is 1. The Morgan fingerprint density at radius 2 is 1.90 bits per heavy atom. The van der Waals surface area contributed by atoms with E-state index < -0.39 is 0 Å². The van der Waals surface area contributed by atoms with Gasteiger partial charge in [0, 0.05) is 30.0 Å². The van der Waals surface area contributed by atoms with E-state index in [4.69, 9.17) is 9.62 Å². The Balaban J connectivity index is 1.46. The summed E-state index contributed by atoms with van der Waals surface area (Å²) in [6.07, 6.45) is 2.06. The van der Waals surface area contributed by atoms with Gasteiger partial charge < -0.3 is 9.42 Å². The van der Waals surface area contributed by atoms with Crippen molar-refractivity contribution in [3.05, 3.63) is 40.7 Å². The van der Waals surface area contributed by atoms with Gasteiger partial charge in [0.05, 0.1) is 17.8 Å². The number of hydrogen-bond acceptors (Lipinski definition) is 6. The van der Waals surface area contributed by atoms with Crippen LogP contribution in [0.2, 0.25) is 0 Å². The number of aryl methyl sites for hydroxylation is 2. The van der Waals surface area contributed by atoms with E-state index in [1.807, 2.05) is 35.4 Å². The van der Waals surface area contributed by atoms with Crippen LogP contribution in [0.5, 0.6) is 0 Å². The van der Waals surface area contributed by atoms with Gasteiger partial charge in [-0.1, -0.05) is 25.9 Å². The van der Waals surface area contributed by atoms with Crippen molar-refractivity contribution in [1.82, 2.24) is 29.9 Å². The second kappa shape index (κ2) is 7.24. The number of amides is 1. The molecular weight excluding hydrogens is 368 g/mol. The van der Waals surface area contributed by atoms with E-state index in [1.165, 1.54) is 0 Å². The molecule has 0 unspecified atom stereocenters. The third-order valence-corrected chi connectivity index (χ3v) is 5.78. The first-order chi connectivity index (χ1) is 13.7. The van der Waals surface area contributed by atoms with E-state index in [0.717, 1.165) is 47.0 Å². The molecule has 3 aromatic rings. The SMILES string of the molecule is Cc1noc(C)c1CC(=O)N1CCC(c2nnc3ccc(C(C)(C)C)nn23)CC1. The van der Waals surface area contributed by atoms with Gasteiger partial charge in [-0.2, -0.15) is 9.61 Å². The van der Waals surface area contributed by atoms with Crippen molar-refractivity contribution in [1.29, 1.82) is 0 Å². The molecule has 0 spiro atoms. The lowest BCUT2D eigenvalue weighted by molar-refractivity contribution is -0.131. The molecule has 1 aliphatic rings. The van der Waals surface area contributed by atoms with Crippen molar-refractivity contribution in [3.63, 3.8) is 0 Å². The van der Waals surface area contributed by atoms with Crippen molar-refractivity contribution in [3.8, 4) is 0 Å². The molecule has 1 amide bonds. The summed E-state index contributed by atoms with van der Waals surface area (Å²) in [7, 11) is 0. The van der Waals surface area contributed by atoms with Gasteiger partial charge in [-0.3, -0.25) is 4.79 Å². The minimum atomic E-state index is -0.0380. The summed E-state index contributed by atoms with van der Waals surface area (Å²) >= 11 is 0. The molecule has 0 bridgehead atoms. The van der Waals surface area contributed by atoms with Crippen LogP contribution in [-0.4, -0.2) is 48.9 Å². The molecule has 3 aromatic heterocycles. The fourth-order valence-corrected chi connectivity index (χ4v) is 3.86. The molecule has 8 heteroatoms. The minimum absolute atomic E-state index is 0.0380. The number of fused-ring (bicyclic) bond motifs is 1. The number of carbonyl (C=O) groups is 1. The topological polar surface area (TPSA) is 89.4 Å².